The van der Waals surface area contributed by atoms with E-state index < -0.39 is 0 Å². The van der Waals surface area contributed by atoms with Crippen LogP contribution in [-0.2, 0) is 9.53 Å². The third kappa shape index (κ3) is 1.30. The number of hydrogen-bond acceptors (Lipinski definition) is 4. The molecule has 0 bridgehead atoms. The fraction of sp³-hybridized carbons (Fsp3) is 0.643. The van der Waals surface area contributed by atoms with Crippen LogP contribution in [0.25, 0.3) is 0 Å². The number of rotatable bonds is 1. The van der Waals surface area contributed by atoms with Gasteiger partial charge in [0.2, 0.25) is 0 Å². The maximum absolute atomic E-state index is 12.3. The molecule has 0 aromatic carbocycles. The molecular formula is C14H17NO2S. The molecule has 1 aromatic heterocycles. The Kier molecular flexibility index (Phi) is 2.33. The van der Waals surface area contributed by atoms with Crippen LogP contribution in [0.3, 0.4) is 0 Å². The Hall–Kier alpha value is -0.870. The van der Waals surface area contributed by atoms with Crippen molar-refractivity contribution >= 4 is 17.3 Å². The summed E-state index contributed by atoms with van der Waals surface area (Å²) < 4.78 is 5.32. The molecule has 3 saturated heterocycles. The summed E-state index contributed by atoms with van der Waals surface area (Å²) in [6, 6.07) is 4.87. The van der Waals surface area contributed by atoms with Gasteiger partial charge in [0.25, 0.3) is 0 Å². The zero-order valence-corrected chi connectivity index (χ0v) is 11.1. The third-order valence-corrected chi connectivity index (χ3v) is 5.87. The number of nitrogens with zero attached hydrogens (tertiary/aromatic N) is 1. The quantitative estimate of drug-likeness (QED) is 0.728. The van der Waals surface area contributed by atoms with Crippen LogP contribution in [-0.4, -0.2) is 36.6 Å². The lowest BCUT2D eigenvalue weighted by Crippen LogP contribution is -2.35. The molecule has 1 aromatic rings. The van der Waals surface area contributed by atoms with Crippen molar-refractivity contribution in [2.75, 3.05) is 19.7 Å². The number of fused-ring (bicyclic) bond motifs is 1. The number of esters is 1. The highest BCUT2D eigenvalue weighted by molar-refractivity contribution is 7.10. The van der Waals surface area contributed by atoms with E-state index in [1.807, 2.05) is 0 Å². The molecule has 18 heavy (non-hydrogen) atoms. The second-order valence-electron chi connectivity index (χ2n) is 5.72. The summed E-state index contributed by atoms with van der Waals surface area (Å²) in [6.07, 6.45) is 3.41. The smallest absolute Gasteiger partial charge is 0.314 e. The van der Waals surface area contributed by atoms with Gasteiger partial charge in [0.15, 0.2) is 0 Å². The maximum Gasteiger partial charge on any atom is 0.314 e. The van der Waals surface area contributed by atoms with Crippen LogP contribution in [0, 0.1) is 5.41 Å². The highest BCUT2D eigenvalue weighted by Crippen LogP contribution is 2.55. The van der Waals surface area contributed by atoms with E-state index in [1.54, 1.807) is 11.3 Å². The Bertz CT molecular complexity index is 472. The van der Waals surface area contributed by atoms with E-state index in [0.29, 0.717) is 18.6 Å². The van der Waals surface area contributed by atoms with Gasteiger partial charge in [-0.3, -0.25) is 9.69 Å². The molecule has 3 aliphatic rings. The normalized spacial score (nSPS) is 39.4. The van der Waals surface area contributed by atoms with Gasteiger partial charge >= 0.3 is 5.97 Å². The summed E-state index contributed by atoms with van der Waals surface area (Å²) in [5, 5.41) is 2.13. The molecule has 3 aliphatic heterocycles. The van der Waals surface area contributed by atoms with E-state index in [4.69, 9.17) is 4.74 Å². The van der Waals surface area contributed by atoms with Crippen LogP contribution in [0.1, 0.15) is 30.1 Å². The van der Waals surface area contributed by atoms with Gasteiger partial charge in [-0.05, 0) is 37.3 Å². The van der Waals surface area contributed by atoms with Crippen molar-refractivity contribution in [2.45, 2.75) is 31.2 Å². The first kappa shape index (κ1) is 11.0. The van der Waals surface area contributed by atoms with Crippen LogP contribution in [0.2, 0.25) is 0 Å². The zero-order valence-electron chi connectivity index (χ0n) is 10.3. The van der Waals surface area contributed by atoms with Crippen molar-refractivity contribution in [3.8, 4) is 0 Å². The van der Waals surface area contributed by atoms with Gasteiger partial charge in [0, 0.05) is 23.4 Å². The Morgan fingerprint density at radius 2 is 2.44 bits per heavy atom. The van der Waals surface area contributed by atoms with Crippen molar-refractivity contribution in [3.63, 3.8) is 0 Å². The van der Waals surface area contributed by atoms with E-state index in [1.165, 1.54) is 17.7 Å². The summed E-state index contributed by atoms with van der Waals surface area (Å²) in [5.74, 6) is 0.422. The van der Waals surface area contributed by atoms with Gasteiger partial charge in [-0.1, -0.05) is 6.07 Å². The van der Waals surface area contributed by atoms with Crippen LogP contribution in [0.4, 0.5) is 0 Å². The van der Waals surface area contributed by atoms with Gasteiger partial charge in [-0.25, -0.2) is 0 Å². The molecule has 96 valence electrons. The zero-order chi connectivity index (χ0) is 12.2. The number of ether oxygens (including phenoxy) is 1. The molecule has 0 saturated carbocycles. The summed E-state index contributed by atoms with van der Waals surface area (Å²) in [5.41, 5.74) is -0.240. The maximum atomic E-state index is 12.3. The molecule has 4 rings (SSSR count). The third-order valence-electron chi connectivity index (χ3n) is 4.92. The largest absolute Gasteiger partial charge is 0.465 e. The molecule has 1 spiro atoms. The second kappa shape index (κ2) is 3.81. The number of cyclic esters (lactones) is 1. The number of hydrogen-bond donors (Lipinski definition) is 0. The van der Waals surface area contributed by atoms with Gasteiger partial charge in [0.1, 0.15) is 0 Å². The first-order valence-corrected chi connectivity index (χ1v) is 7.64. The summed E-state index contributed by atoms with van der Waals surface area (Å²) in [4.78, 5) is 16.2. The summed E-state index contributed by atoms with van der Waals surface area (Å²) in [6.45, 7) is 2.68. The number of carbonyl (C=O) groups excluding carboxylic acids is 1. The number of thiophene rings is 1. The van der Waals surface area contributed by atoms with Crippen molar-refractivity contribution in [2.24, 2.45) is 5.41 Å². The van der Waals surface area contributed by atoms with Crippen LogP contribution < -0.4 is 0 Å². The fourth-order valence-electron chi connectivity index (χ4n) is 4.18. The lowest BCUT2D eigenvalue weighted by Gasteiger charge is -2.27. The van der Waals surface area contributed by atoms with E-state index in [-0.39, 0.29) is 11.4 Å². The van der Waals surface area contributed by atoms with Crippen molar-refractivity contribution in [1.29, 1.82) is 0 Å². The van der Waals surface area contributed by atoms with Crippen molar-refractivity contribution in [1.82, 2.24) is 4.90 Å². The van der Waals surface area contributed by atoms with Gasteiger partial charge in [0.05, 0.1) is 12.0 Å². The Morgan fingerprint density at radius 1 is 1.50 bits per heavy atom. The number of carbonyl (C=O) groups is 1. The Labute approximate surface area is 111 Å². The predicted octanol–water partition coefficient (Wildman–Crippen LogP) is 2.24. The molecule has 0 N–H and O–H groups in total. The Balaban J connectivity index is 1.80. The van der Waals surface area contributed by atoms with E-state index in [2.05, 4.69) is 22.4 Å². The van der Waals surface area contributed by atoms with Crippen molar-refractivity contribution in [3.05, 3.63) is 22.4 Å². The average molecular weight is 263 g/mol. The minimum absolute atomic E-state index is 0.0512. The first-order valence-electron chi connectivity index (χ1n) is 6.76. The summed E-state index contributed by atoms with van der Waals surface area (Å²) >= 11 is 1.80. The average Bonchev–Trinajstić information content (AvgIpc) is 3.07. The fourth-order valence-corrected chi connectivity index (χ4v) is 5.18. The minimum Gasteiger partial charge on any atom is -0.465 e. The monoisotopic (exact) mass is 263 g/mol. The molecule has 4 heterocycles. The van der Waals surface area contributed by atoms with Gasteiger partial charge < -0.3 is 4.74 Å². The molecule has 4 heteroatoms. The predicted molar refractivity (Wildman–Crippen MR) is 69.7 cm³/mol. The lowest BCUT2D eigenvalue weighted by molar-refractivity contribution is -0.146. The molecular weight excluding hydrogens is 246 g/mol. The topological polar surface area (TPSA) is 29.5 Å². The van der Waals surface area contributed by atoms with Crippen LogP contribution in [0.15, 0.2) is 17.5 Å². The van der Waals surface area contributed by atoms with E-state index >= 15 is 0 Å². The molecule has 0 radical (unpaired) electrons. The molecule has 0 aliphatic carbocycles. The standard InChI is InChI=1S/C14H17NO2S/c16-13-14(5-7-17-13)9-15-6-1-3-10(15)12(14)11-4-2-8-18-11/h2,4,8,10,12H,1,3,5-7,9H2/t10-,12+,14+/m1/s1. The SMILES string of the molecule is O=C1OCC[C@@]12CN1CCC[C@@H]1[C@H]2c1cccs1. The molecule has 3 nitrogen and oxygen atoms in total. The highest BCUT2D eigenvalue weighted by atomic mass is 32.1. The van der Waals surface area contributed by atoms with Crippen molar-refractivity contribution < 1.29 is 9.53 Å². The second-order valence-corrected chi connectivity index (χ2v) is 6.69. The van der Waals surface area contributed by atoms with Gasteiger partial charge in [-0.15, -0.1) is 11.3 Å². The molecule has 0 amide bonds. The van der Waals surface area contributed by atoms with Crippen LogP contribution in [0.5, 0.6) is 0 Å². The lowest BCUT2D eigenvalue weighted by atomic mass is 9.73. The van der Waals surface area contributed by atoms with E-state index in [0.717, 1.165) is 19.5 Å². The Morgan fingerprint density at radius 3 is 3.17 bits per heavy atom. The van der Waals surface area contributed by atoms with Crippen LogP contribution >= 0.6 is 11.3 Å². The van der Waals surface area contributed by atoms with Gasteiger partial charge in [-0.2, -0.15) is 0 Å². The molecule has 3 fully saturated rings. The minimum atomic E-state index is -0.240. The molecule has 0 unspecified atom stereocenters. The molecule has 3 atom stereocenters. The first-order chi connectivity index (χ1) is 8.81. The highest BCUT2D eigenvalue weighted by Gasteiger charge is 2.61. The van der Waals surface area contributed by atoms with E-state index in [9.17, 15) is 4.79 Å². The summed E-state index contributed by atoms with van der Waals surface area (Å²) in [7, 11) is 0.